The van der Waals surface area contributed by atoms with E-state index >= 15 is 0 Å². The fourth-order valence-corrected chi connectivity index (χ4v) is 2.98. The number of rotatable bonds is 4. The molecular weight excluding hydrogens is 227 g/mol. The third-order valence-corrected chi connectivity index (χ3v) is 4.11. The zero-order chi connectivity index (χ0) is 11.4. The summed E-state index contributed by atoms with van der Waals surface area (Å²) < 4.78 is 36.0. The molecule has 0 aromatic rings. The zero-order valence-electron chi connectivity index (χ0n) is 8.01. The molecule has 0 amide bonds. The molecule has 0 spiro atoms. The van der Waals surface area contributed by atoms with Gasteiger partial charge < -0.3 is 0 Å². The fraction of sp³-hybridized carbons (Fsp3) is 0.333. The molecule has 2 nitrogen and oxygen atoms in total. The Balaban J connectivity index is 2.59. The lowest BCUT2D eigenvalue weighted by molar-refractivity contribution is -0.104. The van der Waals surface area contributed by atoms with Crippen molar-refractivity contribution in [2.24, 2.45) is 4.99 Å². The first kappa shape index (κ1) is 12.0. The first-order valence-electron chi connectivity index (χ1n) is 4.22. The predicted molar refractivity (Wildman–Crippen MR) is 56.1 cm³/mol. The molecule has 0 saturated carbocycles. The molecule has 0 fully saturated rings. The van der Waals surface area contributed by atoms with Crippen LogP contribution >= 0.6 is 10.9 Å². The van der Waals surface area contributed by atoms with Crippen molar-refractivity contribution in [2.45, 2.75) is 13.3 Å². The molecule has 1 aliphatic heterocycles. The topological polar surface area (TPSA) is 29.4 Å². The van der Waals surface area contributed by atoms with Gasteiger partial charge in [-0.15, -0.1) is 0 Å². The normalized spacial score (nSPS) is 22.0. The standard InChI is InChI=1S/C9H10F3NOS/c1-6-8(4-14)15(5-13-6)3-2-7(10)9(11)12/h4-5,15H,2-3H2,1H3. The van der Waals surface area contributed by atoms with Gasteiger partial charge in [-0.3, -0.25) is 9.79 Å². The molecule has 0 bridgehead atoms. The van der Waals surface area contributed by atoms with E-state index in [1.807, 2.05) is 0 Å². The van der Waals surface area contributed by atoms with Gasteiger partial charge in [0.25, 0.3) is 0 Å². The summed E-state index contributed by atoms with van der Waals surface area (Å²) in [5, 5.41) is 0. The second-order valence-corrected chi connectivity index (χ2v) is 5.04. The van der Waals surface area contributed by atoms with Crippen molar-refractivity contribution in [3.05, 3.63) is 22.5 Å². The minimum absolute atomic E-state index is 0.202. The van der Waals surface area contributed by atoms with E-state index in [0.717, 1.165) is 0 Å². The summed E-state index contributed by atoms with van der Waals surface area (Å²) in [7, 11) is -0.993. The van der Waals surface area contributed by atoms with Crippen LogP contribution in [0.1, 0.15) is 13.3 Å². The molecule has 0 radical (unpaired) electrons. The minimum atomic E-state index is -2.28. The monoisotopic (exact) mass is 237 g/mol. The average Bonchev–Trinajstić information content (AvgIpc) is 2.55. The van der Waals surface area contributed by atoms with E-state index in [4.69, 9.17) is 0 Å². The van der Waals surface area contributed by atoms with Crippen molar-refractivity contribution in [2.75, 3.05) is 5.75 Å². The van der Waals surface area contributed by atoms with Crippen molar-refractivity contribution in [3.63, 3.8) is 0 Å². The maximum absolute atomic E-state index is 12.5. The number of nitrogens with zero attached hydrogens (tertiary/aromatic N) is 1. The van der Waals surface area contributed by atoms with Crippen molar-refractivity contribution in [1.82, 2.24) is 0 Å². The van der Waals surface area contributed by atoms with Gasteiger partial charge in [-0.1, -0.05) is 0 Å². The zero-order valence-corrected chi connectivity index (χ0v) is 8.90. The van der Waals surface area contributed by atoms with Crippen LogP contribution in [0.15, 0.2) is 27.5 Å². The number of allylic oxidation sites excluding steroid dienone is 3. The summed E-state index contributed by atoms with van der Waals surface area (Å²) in [6.07, 6.45) is -1.96. The van der Waals surface area contributed by atoms with Gasteiger partial charge in [-0.25, -0.2) is 4.39 Å². The predicted octanol–water partition coefficient (Wildman–Crippen LogP) is 2.93. The number of halogens is 3. The Hall–Kier alpha value is -1.04. The van der Waals surface area contributed by atoms with Crippen molar-refractivity contribution in [3.8, 4) is 0 Å². The van der Waals surface area contributed by atoms with Gasteiger partial charge in [0.05, 0.1) is 10.6 Å². The van der Waals surface area contributed by atoms with Crippen molar-refractivity contribution < 1.29 is 18.0 Å². The molecule has 1 unspecified atom stereocenters. The molecule has 1 aliphatic rings. The van der Waals surface area contributed by atoms with E-state index in [2.05, 4.69) is 4.99 Å². The van der Waals surface area contributed by atoms with E-state index in [-0.39, 0.29) is 12.2 Å². The Morgan fingerprint density at radius 3 is 2.73 bits per heavy atom. The Morgan fingerprint density at radius 2 is 2.20 bits per heavy atom. The molecule has 84 valence electrons. The lowest BCUT2D eigenvalue weighted by atomic mass is 10.4. The third kappa shape index (κ3) is 2.95. The van der Waals surface area contributed by atoms with E-state index in [9.17, 15) is 18.0 Å². The number of aldehydes is 1. The summed E-state index contributed by atoms with van der Waals surface area (Å²) >= 11 is 0. The second-order valence-electron chi connectivity index (χ2n) is 2.94. The van der Waals surface area contributed by atoms with Crippen molar-refractivity contribution >= 4 is 22.7 Å². The summed E-state index contributed by atoms with van der Waals surface area (Å²) in [4.78, 5) is 15.1. The Morgan fingerprint density at radius 1 is 1.53 bits per heavy atom. The molecule has 15 heavy (non-hydrogen) atoms. The van der Waals surface area contributed by atoms with Gasteiger partial charge in [0, 0.05) is 12.0 Å². The molecule has 0 aromatic heterocycles. The molecule has 1 heterocycles. The first-order valence-corrected chi connectivity index (χ1v) is 5.82. The highest BCUT2D eigenvalue weighted by molar-refractivity contribution is 8.32. The molecule has 1 rings (SSSR count). The number of carbonyl (C=O) groups excluding carboxylic acids is 1. The van der Waals surface area contributed by atoms with Crippen LogP contribution in [0.25, 0.3) is 0 Å². The van der Waals surface area contributed by atoms with Gasteiger partial charge in [0.2, 0.25) is 0 Å². The van der Waals surface area contributed by atoms with Crippen LogP contribution in [-0.4, -0.2) is 17.6 Å². The second kappa shape index (κ2) is 5.16. The maximum Gasteiger partial charge on any atom is 0.301 e. The van der Waals surface area contributed by atoms with Crippen LogP contribution in [-0.2, 0) is 4.79 Å². The summed E-state index contributed by atoms with van der Waals surface area (Å²) in [6.45, 7) is 1.67. The fourth-order valence-electron chi connectivity index (χ4n) is 1.14. The average molecular weight is 237 g/mol. The molecule has 0 N–H and O–H groups in total. The van der Waals surface area contributed by atoms with E-state index < -0.39 is 22.8 Å². The van der Waals surface area contributed by atoms with Crippen LogP contribution in [0.3, 0.4) is 0 Å². The minimum Gasteiger partial charge on any atom is -0.297 e. The summed E-state index contributed by atoms with van der Waals surface area (Å²) in [5.74, 6) is -1.20. The number of hydrogen-bond donors (Lipinski definition) is 1. The van der Waals surface area contributed by atoms with E-state index in [0.29, 0.717) is 16.9 Å². The van der Waals surface area contributed by atoms with Gasteiger partial charge >= 0.3 is 6.08 Å². The summed E-state index contributed by atoms with van der Waals surface area (Å²) in [5.41, 5.74) is 2.15. The lowest BCUT2D eigenvalue weighted by Gasteiger charge is -2.11. The van der Waals surface area contributed by atoms with Crippen molar-refractivity contribution in [1.29, 1.82) is 0 Å². The molecule has 6 heteroatoms. The van der Waals surface area contributed by atoms with Crippen LogP contribution < -0.4 is 0 Å². The third-order valence-electron chi connectivity index (χ3n) is 1.96. The van der Waals surface area contributed by atoms with Gasteiger partial charge in [-0.05, 0) is 12.7 Å². The van der Waals surface area contributed by atoms with E-state index in [1.165, 1.54) is 0 Å². The Bertz CT molecular complexity index is 358. The van der Waals surface area contributed by atoms with Gasteiger partial charge in [0.15, 0.2) is 12.1 Å². The van der Waals surface area contributed by atoms with Crippen LogP contribution in [0.4, 0.5) is 13.2 Å². The quantitative estimate of drug-likeness (QED) is 0.591. The Labute approximate surface area is 87.9 Å². The van der Waals surface area contributed by atoms with Gasteiger partial charge in [0.1, 0.15) is 0 Å². The molecule has 1 atom stereocenters. The van der Waals surface area contributed by atoms with Crippen LogP contribution in [0, 0.1) is 0 Å². The molecule has 0 saturated heterocycles. The summed E-state index contributed by atoms with van der Waals surface area (Å²) in [6, 6.07) is 0. The first-order chi connectivity index (χ1) is 7.06. The Kier molecular flexibility index (Phi) is 4.14. The van der Waals surface area contributed by atoms with Gasteiger partial charge in [-0.2, -0.15) is 19.7 Å². The number of thiol groups is 1. The highest BCUT2D eigenvalue weighted by atomic mass is 32.2. The van der Waals surface area contributed by atoms with Crippen LogP contribution in [0.5, 0.6) is 0 Å². The molecular formula is C9H10F3NOS. The highest BCUT2D eigenvalue weighted by Gasteiger charge is 2.17. The SMILES string of the molecule is CC1=C(C=O)[SH](CCC(F)=C(F)F)C=N1. The molecule has 0 aromatic carbocycles. The van der Waals surface area contributed by atoms with E-state index in [1.54, 1.807) is 12.5 Å². The highest BCUT2D eigenvalue weighted by Crippen LogP contribution is 2.40. The largest absolute Gasteiger partial charge is 0.301 e. The maximum atomic E-state index is 12.5. The number of hydrogen-bond acceptors (Lipinski definition) is 2. The number of aliphatic imine (C=N–C) groups is 1. The lowest BCUT2D eigenvalue weighted by Crippen LogP contribution is -1.94. The molecule has 0 aliphatic carbocycles. The van der Waals surface area contributed by atoms with Crippen LogP contribution in [0.2, 0.25) is 0 Å². The smallest absolute Gasteiger partial charge is 0.297 e. The number of carbonyl (C=O) groups is 1.